The van der Waals surface area contributed by atoms with Gasteiger partial charge in [0.25, 0.3) is 0 Å². The smallest absolute Gasteiger partial charge is 0.178 e. The largest absolute Gasteiger partial charge is 0.396 e. The summed E-state index contributed by atoms with van der Waals surface area (Å²) in [6.07, 6.45) is 9.38. The molecular weight excluding hydrogens is 296 g/mol. The number of allylic oxidation sites excluding steroid dienone is 1. The molecule has 0 heterocycles. The van der Waals surface area contributed by atoms with E-state index in [1.54, 1.807) is 30.3 Å². The number of aliphatic hydroxyl groups excluding tert-OH is 1. The van der Waals surface area contributed by atoms with Crippen LogP contribution < -0.4 is 0 Å². The molecule has 0 fully saturated rings. The van der Waals surface area contributed by atoms with Crippen molar-refractivity contribution in [1.29, 1.82) is 0 Å². The highest BCUT2D eigenvalue weighted by Crippen LogP contribution is 2.18. The topological polar surface area (TPSA) is 54.4 Å². The van der Waals surface area contributed by atoms with E-state index in [1.807, 2.05) is 6.08 Å². The average molecular weight is 324 g/mol. The van der Waals surface area contributed by atoms with Crippen LogP contribution in [-0.4, -0.2) is 25.9 Å². The van der Waals surface area contributed by atoms with E-state index in [-0.39, 0.29) is 18.3 Å². The van der Waals surface area contributed by atoms with E-state index in [1.165, 1.54) is 12.8 Å². The fraction of sp³-hybridized carbons (Fsp3) is 0.556. The molecule has 1 aromatic carbocycles. The highest BCUT2D eigenvalue weighted by Gasteiger charge is 2.20. The average Bonchev–Trinajstić information content (AvgIpc) is 2.53. The van der Waals surface area contributed by atoms with Crippen molar-refractivity contribution in [3.05, 3.63) is 43.0 Å². The lowest BCUT2D eigenvalue weighted by atomic mass is 10.0. The summed E-state index contributed by atoms with van der Waals surface area (Å²) < 4.78 is 24.6. The second kappa shape index (κ2) is 10.6. The van der Waals surface area contributed by atoms with Crippen LogP contribution in [0.4, 0.5) is 0 Å². The van der Waals surface area contributed by atoms with Gasteiger partial charge in [-0.3, -0.25) is 0 Å². The second-order valence-electron chi connectivity index (χ2n) is 5.78. The van der Waals surface area contributed by atoms with Crippen molar-refractivity contribution >= 4 is 9.84 Å². The van der Waals surface area contributed by atoms with Crippen LogP contribution in [0.1, 0.15) is 44.9 Å². The van der Waals surface area contributed by atoms with Gasteiger partial charge in [0, 0.05) is 6.61 Å². The predicted octanol–water partition coefficient (Wildman–Crippen LogP) is 3.99. The third-order valence-corrected chi connectivity index (χ3v) is 5.74. The van der Waals surface area contributed by atoms with Crippen LogP contribution in [0.3, 0.4) is 0 Å². The van der Waals surface area contributed by atoms with Crippen LogP contribution in [0.15, 0.2) is 47.9 Å². The van der Waals surface area contributed by atoms with Gasteiger partial charge in [-0.25, -0.2) is 8.42 Å². The van der Waals surface area contributed by atoms with Crippen LogP contribution >= 0.6 is 0 Å². The second-order valence-corrected chi connectivity index (χ2v) is 7.81. The van der Waals surface area contributed by atoms with Gasteiger partial charge in [-0.05, 0) is 37.3 Å². The Balaban J connectivity index is 2.34. The number of benzene rings is 1. The molecule has 0 aliphatic carbocycles. The summed E-state index contributed by atoms with van der Waals surface area (Å²) in [6.45, 7) is 3.64. The van der Waals surface area contributed by atoms with Crippen molar-refractivity contribution in [1.82, 2.24) is 0 Å². The standard InChI is InChI=1S/C18H28O3S/c1-2-3-4-5-6-7-9-12-17(15-19)16-22(20,21)18-13-10-8-11-14-18/h2,8,10-11,13-14,17,19H,1,3-7,9,12,15-16H2/t17-/m1/s1. The maximum absolute atomic E-state index is 12.3. The van der Waals surface area contributed by atoms with Crippen molar-refractivity contribution in [3.63, 3.8) is 0 Å². The molecule has 0 aromatic heterocycles. The molecule has 1 rings (SSSR count). The minimum Gasteiger partial charge on any atom is -0.396 e. The molecule has 124 valence electrons. The van der Waals surface area contributed by atoms with Gasteiger partial charge in [-0.1, -0.05) is 50.0 Å². The van der Waals surface area contributed by atoms with Crippen molar-refractivity contribution in [3.8, 4) is 0 Å². The summed E-state index contributed by atoms with van der Waals surface area (Å²) in [5.41, 5.74) is 0. The van der Waals surface area contributed by atoms with Gasteiger partial charge in [-0.2, -0.15) is 0 Å². The highest BCUT2D eigenvalue weighted by atomic mass is 32.2. The monoisotopic (exact) mass is 324 g/mol. The summed E-state index contributed by atoms with van der Waals surface area (Å²) in [7, 11) is -3.30. The minimum atomic E-state index is -3.30. The highest BCUT2D eigenvalue weighted by molar-refractivity contribution is 7.91. The SMILES string of the molecule is C=CCCCCCCC[C@H](CO)CS(=O)(=O)c1ccccc1. The molecule has 0 unspecified atom stereocenters. The molecule has 0 aliphatic rings. The number of hydrogen-bond donors (Lipinski definition) is 1. The molecule has 0 bridgehead atoms. The maximum atomic E-state index is 12.3. The van der Waals surface area contributed by atoms with E-state index in [2.05, 4.69) is 6.58 Å². The Morgan fingerprint density at radius 1 is 1.05 bits per heavy atom. The zero-order valence-electron chi connectivity index (χ0n) is 13.3. The maximum Gasteiger partial charge on any atom is 0.178 e. The predicted molar refractivity (Wildman–Crippen MR) is 91.6 cm³/mol. The van der Waals surface area contributed by atoms with Gasteiger partial charge in [0.15, 0.2) is 9.84 Å². The Morgan fingerprint density at radius 3 is 2.32 bits per heavy atom. The molecule has 0 spiro atoms. The van der Waals surface area contributed by atoms with Gasteiger partial charge in [0.2, 0.25) is 0 Å². The Morgan fingerprint density at radius 2 is 1.68 bits per heavy atom. The van der Waals surface area contributed by atoms with E-state index >= 15 is 0 Å². The molecule has 0 saturated heterocycles. The summed E-state index contributed by atoms with van der Waals surface area (Å²) in [5.74, 6) is -0.136. The number of rotatable bonds is 12. The third kappa shape index (κ3) is 7.23. The molecule has 22 heavy (non-hydrogen) atoms. The van der Waals surface area contributed by atoms with Crippen molar-refractivity contribution in [2.75, 3.05) is 12.4 Å². The zero-order chi connectivity index (χ0) is 16.3. The Hall–Kier alpha value is -1.13. The molecule has 1 N–H and O–H groups in total. The van der Waals surface area contributed by atoms with Gasteiger partial charge >= 0.3 is 0 Å². The summed E-state index contributed by atoms with van der Waals surface area (Å²) in [6, 6.07) is 8.48. The Kier molecular flexibility index (Phi) is 9.09. The van der Waals surface area contributed by atoms with E-state index in [0.29, 0.717) is 4.90 Å². The number of aliphatic hydroxyl groups is 1. The summed E-state index contributed by atoms with van der Waals surface area (Å²) in [4.78, 5) is 0.345. The van der Waals surface area contributed by atoms with Gasteiger partial charge in [0.1, 0.15) is 0 Å². The van der Waals surface area contributed by atoms with E-state index < -0.39 is 9.84 Å². The van der Waals surface area contributed by atoms with Crippen LogP contribution in [0.25, 0.3) is 0 Å². The van der Waals surface area contributed by atoms with Gasteiger partial charge in [0.05, 0.1) is 10.6 Å². The van der Waals surface area contributed by atoms with Crippen LogP contribution in [0.5, 0.6) is 0 Å². The summed E-state index contributed by atoms with van der Waals surface area (Å²) >= 11 is 0. The molecule has 1 atom stereocenters. The van der Waals surface area contributed by atoms with Crippen molar-refractivity contribution in [2.45, 2.75) is 49.8 Å². The van der Waals surface area contributed by atoms with Crippen LogP contribution in [-0.2, 0) is 9.84 Å². The van der Waals surface area contributed by atoms with Crippen molar-refractivity contribution < 1.29 is 13.5 Å². The molecule has 0 amide bonds. The number of unbranched alkanes of at least 4 members (excludes halogenated alkanes) is 5. The minimum absolute atomic E-state index is 0.0317. The fourth-order valence-electron chi connectivity index (χ4n) is 2.51. The number of hydrogen-bond acceptors (Lipinski definition) is 3. The lowest BCUT2D eigenvalue weighted by molar-refractivity contribution is 0.228. The molecule has 0 radical (unpaired) electrons. The third-order valence-electron chi connectivity index (χ3n) is 3.84. The first-order chi connectivity index (χ1) is 10.6. The first-order valence-electron chi connectivity index (χ1n) is 8.09. The fourth-order valence-corrected chi connectivity index (χ4v) is 4.17. The summed E-state index contributed by atoms with van der Waals surface area (Å²) in [5, 5.41) is 9.43. The zero-order valence-corrected chi connectivity index (χ0v) is 14.1. The lowest BCUT2D eigenvalue weighted by Gasteiger charge is -2.14. The molecule has 3 nitrogen and oxygen atoms in total. The van der Waals surface area contributed by atoms with E-state index in [4.69, 9.17) is 0 Å². The Bertz CT molecular complexity index is 508. The quantitative estimate of drug-likeness (QED) is 0.467. The lowest BCUT2D eigenvalue weighted by Crippen LogP contribution is -2.19. The molecule has 0 saturated carbocycles. The first-order valence-corrected chi connectivity index (χ1v) is 9.75. The molecule has 1 aromatic rings. The number of sulfone groups is 1. The molecular formula is C18H28O3S. The van der Waals surface area contributed by atoms with E-state index in [0.717, 1.165) is 32.1 Å². The Labute approximate surface area is 135 Å². The van der Waals surface area contributed by atoms with Crippen molar-refractivity contribution in [2.24, 2.45) is 5.92 Å². The molecule has 0 aliphatic heterocycles. The van der Waals surface area contributed by atoms with Crippen LogP contribution in [0, 0.1) is 5.92 Å². The van der Waals surface area contributed by atoms with Gasteiger partial charge in [-0.15, -0.1) is 6.58 Å². The van der Waals surface area contributed by atoms with Gasteiger partial charge < -0.3 is 5.11 Å². The first kappa shape index (κ1) is 18.9. The molecule has 4 heteroatoms. The normalized spacial score (nSPS) is 13.0. The van der Waals surface area contributed by atoms with E-state index in [9.17, 15) is 13.5 Å². The van der Waals surface area contributed by atoms with Crippen LogP contribution in [0.2, 0.25) is 0 Å².